The lowest BCUT2D eigenvalue weighted by atomic mass is 10.2. The number of aromatic nitrogens is 2. The van der Waals surface area contributed by atoms with Crippen molar-refractivity contribution in [3.05, 3.63) is 17.5 Å². The van der Waals surface area contributed by atoms with Crippen LogP contribution in [0.1, 0.15) is 29.0 Å². The molecular formula is C11H16N4OS. The summed E-state index contributed by atoms with van der Waals surface area (Å²) in [6.45, 7) is 2.58. The minimum absolute atomic E-state index is 0.0385. The highest BCUT2D eigenvalue weighted by atomic mass is 32.1. The SMILES string of the molecule is Cc1cc(C(=O)N2CCCC2C(N)=S)n(C)n1. The standard InChI is InChI=1S/C11H16N4OS/c1-7-6-9(14(2)13-7)11(16)15-5-3-4-8(15)10(12)17/h6,8H,3-5H2,1-2H3,(H2,12,17). The highest BCUT2D eigenvalue weighted by molar-refractivity contribution is 7.80. The zero-order valence-electron chi connectivity index (χ0n) is 10.0. The molecule has 1 amide bonds. The maximum absolute atomic E-state index is 12.3. The van der Waals surface area contributed by atoms with Crippen LogP contribution in [0.4, 0.5) is 0 Å². The lowest BCUT2D eigenvalue weighted by Crippen LogP contribution is -2.43. The second kappa shape index (κ2) is 4.44. The summed E-state index contributed by atoms with van der Waals surface area (Å²) in [4.78, 5) is 14.5. The van der Waals surface area contributed by atoms with Crippen LogP contribution in [-0.2, 0) is 7.05 Å². The number of carbonyl (C=O) groups excluding carboxylic acids is 1. The molecule has 0 radical (unpaired) electrons. The monoisotopic (exact) mass is 252 g/mol. The lowest BCUT2D eigenvalue weighted by Gasteiger charge is -2.23. The number of carbonyl (C=O) groups is 1. The van der Waals surface area contributed by atoms with Gasteiger partial charge >= 0.3 is 0 Å². The average molecular weight is 252 g/mol. The van der Waals surface area contributed by atoms with E-state index in [0.29, 0.717) is 17.2 Å². The first-order chi connectivity index (χ1) is 8.00. The molecule has 1 aromatic heterocycles. The van der Waals surface area contributed by atoms with E-state index in [1.165, 1.54) is 0 Å². The van der Waals surface area contributed by atoms with Crippen LogP contribution in [0.5, 0.6) is 0 Å². The first-order valence-corrected chi connectivity index (χ1v) is 6.02. The van der Waals surface area contributed by atoms with Gasteiger partial charge in [-0.05, 0) is 25.8 Å². The van der Waals surface area contributed by atoms with Crippen molar-refractivity contribution in [1.82, 2.24) is 14.7 Å². The molecule has 92 valence electrons. The van der Waals surface area contributed by atoms with Crippen molar-refractivity contribution in [1.29, 1.82) is 0 Å². The third-order valence-corrected chi connectivity index (χ3v) is 3.34. The fourth-order valence-corrected chi connectivity index (χ4v) is 2.51. The maximum atomic E-state index is 12.3. The van der Waals surface area contributed by atoms with Gasteiger partial charge in [0.15, 0.2) is 0 Å². The van der Waals surface area contributed by atoms with Crippen LogP contribution >= 0.6 is 12.2 Å². The van der Waals surface area contributed by atoms with Crippen LogP contribution in [-0.4, -0.2) is 38.2 Å². The van der Waals surface area contributed by atoms with Gasteiger partial charge in [0.25, 0.3) is 5.91 Å². The van der Waals surface area contributed by atoms with Gasteiger partial charge in [0.05, 0.1) is 16.7 Å². The number of nitrogens with two attached hydrogens (primary N) is 1. The largest absolute Gasteiger partial charge is 0.392 e. The highest BCUT2D eigenvalue weighted by Crippen LogP contribution is 2.20. The molecule has 0 bridgehead atoms. The van der Waals surface area contributed by atoms with Gasteiger partial charge in [0.2, 0.25) is 0 Å². The van der Waals surface area contributed by atoms with E-state index in [4.69, 9.17) is 18.0 Å². The first kappa shape index (κ1) is 12.0. The molecule has 1 atom stereocenters. The van der Waals surface area contributed by atoms with Crippen molar-refractivity contribution in [2.24, 2.45) is 12.8 Å². The first-order valence-electron chi connectivity index (χ1n) is 5.61. The van der Waals surface area contributed by atoms with Crippen molar-refractivity contribution in [2.75, 3.05) is 6.54 Å². The lowest BCUT2D eigenvalue weighted by molar-refractivity contribution is 0.0759. The molecule has 5 nitrogen and oxygen atoms in total. The van der Waals surface area contributed by atoms with Crippen molar-refractivity contribution < 1.29 is 4.79 Å². The molecule has 6 heteroatoms. The van der Waals surface area contributed by atoms with Crippen LogP contribution in [0, 0.1) is 6.92 Å². The molecule has 1 fully saturated rings. The molecule has 2 heterocycles. The quantitative estimate of drug-likeness (QED) is 0.784. The molecule has 1 aromatic rings. The summed E-state index contributed by atoms with van der Waals surface area (Å²) in [7, 11) is 1.77. The Bertz CT molecular complexity index is 468. The Balaban J connectivity index is 2.25. The number of amides is 1. The summed E-state index contributed by atoms with van der Waals surface area (Å²) >= 11 is 5.00. The third kappa shape index (κ3) is 2.17. The summed E-state index contributed by atoms with van der Waals surface area (Å²) in [5, 5.41) is 4.18. The van der Waals surface area contributed by atoms with E-state index in [2.05, 4.69) is 5.10 Å². The zero-order chi connectivity index (χ0) is 12.6. The van der Waals surface area contributed by atoms with Gasteiger partial charge in [-0.1, -0.05) is 12.2 Å². The number of aryl methyl sites for hydroxylation is 2. The highest BCUT2D eigenvalue weighted by Gasteiger charge is 2.32. The summed E-state index contributed by atoms with van der Waals surface area (Å²) in [6.07, 6.45) is 1.81. The van der Waals surface area contributed by atoms with E-state index in [-0.39, 0.29) is 11.9 Å². The van der Waals surface area contributed by atoms with Crippen LogP contribution in [0.15, 0.2) is 6.07 Å². The Labute approximate surface area is 106 Å². The van der Waals surface area contributed by atoms with Gasteiger partial charge in [-0.25, -0.2) is 0 Å². The van der Waals surface area contributed by atoms with Crippen LogP contribution in [0.25, 0.3) is 0 Å². The Kier molecular flexibility index (Phi) is 3.15. The fraction of sp³-hybridized carbons (Fsp3) is 0.545. The van der Waals surface area contributed by atoms with Gasteiger partial charge in [0, 0.05) is 13.6 Å². The second-order valence-corrected chi connectivity index (χ2v) is 4.82. The molecule has 0 saturated carbocycles. The smallest absolute Gasteiger partial charge is 0.272 e. The van der Waals surface area contributed by atoms with E-state index in [1.54, 1.807) is 22.7 Å². The number of hydrogen-bond acceptors (Lipinski definition) is 3. The topological polar surface area (TPSA) is 64.2 Å². The summed E-state index contributed by atoms with van der Waals surface area (Å²) in [6, 6.07) is 1.68. The molecule has 1 aliphatic rings. The fourth-order valence-electron chi connectivity index (χ4n) is 2.26. The van der Waals surface area contributed by atoms with E-state index in [9.17, 15) is 4.79 Å². The maximum Gasteiger partial charge on any atom is 0.272 e. The number of rotatable bonds is 2. The summed E-state index contributed by atoms with van der Waals surface area (Å²) < 4.78 is 1.60. The van der Waals surface area contributed by atoms with Crippen molar-refractivity contribution in [3.8, 4) is 0 Å². The molecule has 2 N–H and O–H groups in total. The van der Waals surface area contributed by atoms with Gasteiger partial charge in [-0.2, -0.15) is 5.10 Å². The van der Waals surface area contributed by atoms with E-state index < -0.39 is 0 Å². The Hall–Kier alpha value is -1.43. The zero-order valence-corrected chi connectivity index (χ0v) is 10.8. The van der Waals surface area contributed by atoms with Crippen molar-refractivity contribution in [2.45, 2.75) is 25.8 Å². The molecule has 1 unspecified atom stereocenters. The number of thiocarbonyl (C=S) groups is 1. The Morgan fingerprint density at radius 2 is 2.35 bits per heavy atom. The molecule has 0 aliphatic carbocycles. The molecule has 1 aliphatic heterocycles. The van der Waals surface area contributed by atoms with Gasteiger partial charge in [0.1, 0.15) is 5.69 Å². The number of likely N-dealkylation sites (tertiary alicyclic amines) is 1. The molecule has 2 rings (SSSR count). The van der Waals surface area contributed by atoms with Crippen LogP contribution < -0.4 is 5.73 Å². The number of nitrogens with zero attached hydrogens (tertiary/aromatic N) is 3. The number of hydrogen-bond donors (Lipinski definition) is 1. The molecular weight excluding hydrogens is 236 g/mol. The Morgan fingerprint density at radius 1 is 1.65 bits per heavy atom. The van der Waals surface area contributed by atoms with E-state index >= 15 is 0 Å². The second-order valence-electron chi connectivity index (χ2n) is 4.35. The molecule has 0 spiro atoms. The van der Waals surface area contributed by atoms with E-state index in [0.717, 1.165) is 18.5 Å². The Morgan fingerprint density at radius 3 is 2.88 bits per heavy atom. The molecule has 0 aromatic carbocycles. The minimum atomic E-state index is -0.104. The average Bonchev–Trinajstić information content (AvgIpc) is 2.83. The van der Waals surface area contributed by atoms with Gasteiger partial charge in [-0.15, -0.1) is 0 Å². The summed E-state index contributed by atoms with van der Waals surface area (Å²) in [5.41, 5.74) is 7.09. The van der Waals surface area contributed by atoms with Gasteiger partial charge in [-0.3, -0.25) is 9.48 Å². The van der Waals surface area contributed by atoms with Crippen LogP contribution in [0.2, 0.25) is 0 Å². The third-order valence-electron chi connectivity index (χ3n) is 3.06. The van der Waals surface area contributed by atoms with Crippen molar-refractivity contribution in [3.63, 3.8) is 0 Å². The minimum Gasteiger partial charge on any atom is -0.392 e. The molecule has 1 saturated heterocycles. The van der Waals surface area contributed by atoms with Gasteiger partial charge < -0.3 is 10.6 Å². The predicted octanol–water partition coefficient (Wildman–Crippen LogP) is 0.619. The normalized spacial score (nSPS) is 19.6. The molecule has 17 heavy (non-hydrogen) atoms. The summed E-state index contributed by atoms with van der Waals surface area (Å²) in [5.74, 6) is -0.0385. The van der Waals surface area contributed by atoms with E-state index in [1.807, 2.05) is 6.92 Å². The van der Waals surface area contributed by atoms with Crippen molar-refractivity contribution >= 4 is 23.1 Å². The van der Waals surface area contributed by atoms with Crippen LogP contribution in [0.3, 0.4) is 0 Å². The predicted molar refractivity (Wildman–Crippen MR) is 68.8 cm³/mol.